The molecule has 0 fully saturated rings. The first-order valence-electron chi connectivity index (χ1n) is 12.7. The number of carbonyl (C=O) groups excluding carboxylic acids is 3. The van der Waals surface area contributed by atoms with Gasteiger partial charge in [0.2, 0.25) is 11.8 Å². The fourth-order valence-corrected chi connectivity index (χ4v) is 4.30. The fraction of sp³-hybridized carbons (Fsp3) is 0.500. The molecule has 10 nitrogen and oxygen atoms in total. The molecule has 3 amide bonds. The van der Waals surface area contributed by atoms with Crippen LogP contribution in [0.2, 0.25) is 0 Å². The van der Waals surface area contributed by atoms with Crippen molar-refractivity contribution < 1.29 is 24.2 Å². The van der Waals surface area contributed by atoms with Crippen LogP contribution in [0.1, 0.15) is 34.6 Å². The predicted molar refractivity (Wildman–Crippen MR) is 145 cm³/mol. The Kier molecular flexibility index (Phi) is 9.45. The average molecular weight is 526 g/mol. The van der Waals surface area contributed by atoms with Crippen molar-refractivity contribution in [2.75, 3.05) is 61.5 Å². The maximum Gasteiger partial charge on any atom is 0.259 e. The first-order valence-corrected chi connectivity index (χ1v) is 12.7. The zero-order valence-corrected chi connectivity index (χ0v) is 23.3. The Morgan fingerprint density at radius 3 is 2.37 bits per heavy atom. The van der Waals surface area contributed by atoms with Crippen molar-refractivity contribution in [3.05, 3.63) is 47.7 Å². The summed E-state index contributed by atoms with van der Waals surface area (Å²) in [5.74, 6) is -0.349. The summed E-state index contributed by atoms with van der Waals surface area (Å²) in [6.45, 7) is 4.54. The van der Waals surface area contributed by atoms with Gasteiger partial charge in [0, 0.05) is 50.9 Å². The van der Waals surface area contributed by atoms with Crippen molar-refractivity contribution in [1.29, 1.82) is 0 Å². The van der Waals surface area contributed by atoms with E-state index in [-0.39, 0.29) is 48.2 Å². The van der Waals surface area contributed by atoms with Crippen LogP contribution < -0.4 is 4.74 Å². The maximum atomic E-state index is 13.7. The molecule has 1 aromatic carbocycles. The van der Waals surface area contributed by atoms with Gasteiger partial charge in [-0.1, -0.05) is 19.1 Å². The topological polar surface area (TPSA) is 107 Å². The summed E-state index contributed by atoms with van der Waals surface area (Å²) in [6, 6.07) is 8.44. The quantitative estimate of drug-likeness (QED) is 0.559. The van der Waals surface area contributed by atoms with E-state index in [2.05, 4.69) is 4.98 Å². The summed E-state index contributed by atoms with van der Waals surface area (Å²) in [7, 11) is 8.81. The third-order valence-electron chi connectivity index (χ3n) is 6.72. The lowest BCUT2D eigenvalue weighted by Gasteiger charge is -2.37. The number of aliphatic hydroxyl groups is 1. The van der Waals surface area contributed by atoms with Crippen LogP contribution in [0.15, 0.2) is 36.5 Å². The molecule has 0 saturated carbocycles. The normalized spacial score (nSPS) is 18.2. The molecule has 0 spiro atoms. The molecule has 0 saturated heterocycles. The Balaban J connectivity index is 1.98. The number of fused-ring (bicyclic) bond motifs is 1. The molecule has 0 aliphatic carbocycles. The summed E-state index contributed by atoms with van der Waals surface area (Å²) in [6.07, 6.45) is 1.22. The van der Waals surface area contributed by atoms with Crippen LogP contribution in [-0.4, -0.2) is 121 Å². The van der Waals surface area contributed by atoms with Gasteiger partial charge in [0.25, 0.3) is 11.8 Å². The zero-order valence-electron chi connectivity index (χ0n) is 23.3. The van der Waals surface area contributed by atoms with Gasteiger partial charge in [-0.15, -0.1) is 0 Å². The van der Waals surface area contributed by atoms with Crippen molar-refractivity contribution in [3.8, 4) is 17.0 Å². The van der Waals surface area contributed by atoms with Crippen LogP contribution in [0.5, 0.6) is 5.88 Å². The SMILES string of the molecule is C[C@H](CO)N1C[C@H](C)[C@H](CN(C)C(=O)CN(C)C)Oc2ncc(-c3ccc(C(=O)N(C)C)cc3)cc2C1=O. The lowest BCUT2D eigenvalue weighted by molar-refractivity contribution is -0.132. The van der Waals surface area contributed by atoms with E-state index in [4.69, 9.17) is 4.74 Å². The third-order valence-corrected chi connectivity index (χ3v) is 6.72. The Morgan fingerprint density at radius 2 is 1.79 bits per heavy atom. The highest BCUT2D eigenvalue weighted by Crippen LogP contribution is 2.30. The number of amides is 3. The van der Waals surface area contributed by atoms with E-state index < -0.39 is 12.1 Å². The molecule has 1 N–H and O–H groups in total. The minimum atomic E-state index is -0.416. The zero-order chi connectivity index (χ0) is 28.1. The van der Waals surface area contributed by atoms with Crippen molar-refractivity contribution in [2.24, 2.45) is 5.92 Å². The van der Waals surface area contributed by atoms with E-state index >= 15 is 0 Å². The molecule has 1 aromatic heterocycles. The fourth-order valence-electron chi connectivity index (χ4n) is 4.30. The van der Waals surface area contributed by atoms with Crippen LogP contribution in [0.4, 0.5) is 0 Å². The molecule has 1 aliphatic rings. The molecule has 1 aliphatic heterocycles. The van der Waals surface area contributed by atoms with Crippen molar-refractivity contribution in [2.45, 2.75) is 26.0 Å². The number of pyridine rings is 1. The molecule has 0 bridgehead atoms. The first-order chi connectivity index (χ1) is 17.9. The standard InChI is InChI=1S/C28H39N5O5/c1-18-14-33(19(2)17-34)28(37)23-12-22(20-8-10-21(11-9-20)27(36)31(5)6)13-29-26(23)38-24(18)15-32(7)25(35)16-30(3)4/h8-13,18-19,24,34H,14-17H2,1-7H3/t18-,19+,24-/m0/s1. The lowest BCUT2D eigenvalue weighted by atomic mass is 9.99. The molecule has 10 heteroatoms. The highest BCUT2D eigenvalue weighted by atomic mass is 16.5. The van der Waals surface area contributed by atoms with E-state index in [0.29, 0.717) is 24.2 Å². The number of aliphatic hydroxyl groups excluding tert-OH is 1. The number of nitrogens with zero attached hydrogens (tertiary/aromatic N) is 5. The number of benzene rings is 1. The van der Waals surface area contributed by atoms with Crippen molar-refractivity contribution >= 4 is 17.7 Å². The molecule has 3 rings (SSSR count). The van der Waals surface area contributed by atoms with Gasteiger partial charge in [0.05, 0.1) is 25.7 Å². The summed E-state index contributed by atoms with van der Waals surface area (Å²) in [5, 5.41) is 9.88. The van der Waals surface area contributed by atoms with Crippen molar-refractivity contribution in [3.63, 3.8) is 0 Å². The Morgan fingerprint density at radius 1 is 1.13 bits per heavy atom. The highest BCUT2D eigenvalue weighted by molar-refractivity contribution is 5.98. The summed E-state index contributed by atoms with van der Waals surface area (Å²) in [5.41, 5.74) is 2.34. The Bertz CT molecular complexity index is 1150. The molecule has 2 aromatic rings. The summed E-state index contributed by atoms with van der Waals surface area (Å²) >= 11 is 0. The van der Waals surface area contributed by atoms with E-state index in [1.54, 1.807) is 62.3 Å². The smallest absolute Gasteiger partial charge is 0.259 e. The van der Waals surface area contributed by atoms with Gasteiger partial charge < -0.3 is 29.4 Å². The number of aromatic nitrogens is 1. The number of ether oxygens (including phenoxy) is 1. The van der Waals surface area contributed by atoms with E-state index in [1.165, 1.54) is 4.90 Å². The van der Waals surface area contributed by atoms with E-state index in [1.807, 2.05) is 38.1 Å². The average Bonchev–Trinajstić information content (AvgIpc) is 2.89. The number of hydrogen-bond donors (Lipinski definition) is 1. The van der Waals surface area contributed by atoms with E-state index in [0.717, 1.165) is 5.56 Å². The predicted octanol–water partition coefficient (Wildman–Crippen LogP) is 1.69. The largest absolute Gasteiger partial charge is 0.472 e. The van der Waals surface area contributed by atoms with Gasteiger partial charge in [-0.2, -0.15) is 0 Å². The third kappa shape index (κ3) is 6.68. The number of likely N-dealkylation sites (N-methyl/N-ethyl adjacent to an activating group) is 2. The molecule has 3 atom stereocenters. The van der Waals surface area contributed by atoms with Crippen LogP contribution in [0.25, 0.3) is 11.1 Å². The van der Waals surface area contributed by atoms with Crippen LogP contribution >= 0.6 is 0 Å². The summed E-state index contributed by atoms with van der Waals surface area (Å²) < 4.78 is 6.30. The number of carbonyl (C=O) groups is 3. The molecule has 0 unspecified atom stereocenters. The Hall–Kier alpha value is -3.50. The van der Waals surface area contributed by atoms with Gasteiger partial charge in [0.15, 0.2) is 0 Å². The minimum Gasteiger partial charge on any atom is -0.472 e. The number of rotatable bonds is 8. The lowest BCUT2D eigenvalue weighted by Crippen LogP contribution is -2.51. The number of hydrogen-bond acceptors (Lipinski definition) is 7. The molecule has 2 heterocycles. The summed E-state index contributed by atoms with van der Waals surface area (Å²) in [4.78, 5) is 49.6. The highest BCUT2D eigenvalue weighted by Gasteiger charge is 2.34. The van der Waals surface area contributed by atoms with Crippen LogP contribution in [0.3, 0.4) is 0 Å². The van der Waals surface area contributed by atoms with Gasteiger partial charge >= 0.3 is 0 Å². The van der Waals surface area contributed by atoms with Crippen molar-refractivity contribution in [1.82, 2.24) is 24.6 Å². The van der Waals surface area contributed by atoms with Crippen LogP contribution in [0, 0.1) is 5.92 Å². The second-order valence-corrected chi connectivity index (χ2v) is 10.5. The molecular weight excluding hydrogens is 486 g/mol. The molecule has 206 valence electrons. The van der Waals surface area contributed by atoms with Gasteiger partial charge in [0.1, 0.15) is 11.7 Å². The van der Waals surface area contributed by atoms with E-state index in [9.17, 15) is 19.5 Å². The van der Waals surface area contributed by atoms with Gasteiger partial charge in [-0.25, -0.2) is 4.98 Å². The second kappa shape index (κ2) is 12.4. The molecule has 0 radical (unpaired) electrons. The molecular formula is C28H39N5O5. The first kappa shape index (κ1) is 29.1. The maximum absolute atomic E-state index is 13.7. The second-order valence-electron chi connectivity index (χ2n) is 10.5. The van der Waals surface area contributed by atoms with Crippen LogP contribution in [-0.2, 0) is 4.79 Å². The van der Waals surface area contributed by atoms with Gasteiger partial charge in [-0.3, -0.25) is 14.4 Å². The Labute approximate surface area is 224 Å². The van der Waals surface area contributed by atoms with Gasteiger partial charge in [-0.05, 0) is 44.8 Å². The minimum absolute atomic E-state index is 0.0377. The monoisotopic (exact) mass is 525 g/mol. The molecule has 38 heavy (non-hydrogen) atoms.